The van der Waals surface area contributed by atoms with Crippen LogP contribution in [0.4, 0.5) is 5.69 Å². The molecule has 0 aliphatic carbocycles. The van der Waals surface area contributed by atoms with Crippen molar-refractivity contribution >= 4 is 57.8 Å². The van der Waals surface area contributed by atoms with Crippen molar-refractivity contribution in [2.45, 2.75) is 6.54 Å². The van der Waals surface area contributed by atoms with Crippen LogP contribution in [0.2, 0.25) is 14.5 Å². The van der Waals surface area contributed by atoms with E-state index in [0.717, 1.165) is 4.88 Å². The zero-order valence-electron chi connectivity index (χ0n) is 9.28. The number of rotatable bonds is 4. The van der Waals surface area contributed by atoms with E-state index < -0.39 is 5.97 Å². The van der Waals surface area contributed by atoms with E-state index in [9.17, 15) is 4.79 Å². The number of thiazole rings is 1. The normalized spacial score (nSPS) is 10.5. The summed E-state index contributed by atoms with van der Waals surface area (Å²) in [6, 6.07) is 3.11. The van der Waals surface area contributed by atoms with Crippen LogP contribution in [0.15, 0.2) is 18.3 Å². The number of carboxylic acids is 1. The molecule has 4 nitrogen and oxygen atoms in total. The second-order valence-electron chi connectivity index (χ2n) is 3.52. The quantitative estimate of drug-likeness (QED) is 0.867. The van der Waals surface area contributed by atoms with Gasteiger partial charge in [-0.3, -0.25) is 0 Å². The Morgan fingerprint density at radius 2 is 2.11 bits per heavy atom. The molecule has 0 atom stereocenters. The Morgan fingerprint density at radius 1 is 1.37 bits per heavy atom. The maximum atomic E-state index is 11.1. The van der Waals surface area contributed by atoms with Crippen molar-refractivity contribution in [3.05, 3.63) is 43.3 Å². The molecule has 2 aromatic rings. The van der Waals surface area contributed by atoms with Crippen molar-refractivity contribution in [2.24, 2.45) is 0 Å². The van der Waals surface area contributed by atoms with E-state index in [1.54, 1.807) is 12.3 Å². The van der Waals surface area contributed by atoms with E-state index >= 15 is 0 Å². The maximum Gasteiger partial charge on any atom is 0.338 e. The average Bonchev–Trinajstić information content (AvgIpc) is 2.74. The first-order valence-corrected chi connectivity index (χ1v) is 6.99. The highest BCUT2D eigenvalue weighted by atomic mass is 35.5. The summed E-state index contributed by atoms with van der Waals surface area (Å²) >= 11 is 18.9. The monoisotopic (exact) mass is 336 g/mol. The van der Waals surface area contributed by atoms with Crippen molar-refractivity contribution < 1.29 is 9.90 Å². The van der Waals surface area contributed by atoms with Crippen LogP contribution in [0.1, 0.15) is 15.2 Å². The molecule has 2 rings (SSSR count). The van der Waals surface area contributed by atoms with E-state index in [-0.39, 0.29) is 15.6 Å². The molecule has 1 aromatic carbocycles. The standard InChI is InChI=1S/C11H7Cl3N2O2S/c12-6-1-2-7(9(13)8(6)10(17)18)15-3-5-4-16-11(14)19-5/h1-2,4,15H,3H2,(H,17,18). The molecule has 0 unspecified atom stereocenters. The first kappa shape index (κ1) is 14.4. The van der Waals surface area contributed by atoms with Gasteiger partial charge in [0.2, 0.25) is 0 Å². The molecule has 0 aliphatic rings. The molecule has 0 aliphatic heterocycles. The van der Waals surface area contributed by atoms with Crippen LogP contribution in [0.25, 0.3) is 0 Å². The van der Waals surface area contributed by atoms with Crippen molar-refractivity contribution in [3.8, 4) is 0 Å². The predicted octanol–water partition coefficient (Wildman–Crippen LogP) is 4.41. The third kappa shape index (κ3) is 3.30. The van der Waals surface area contributed by atoms with Gasteiger partial charge in [0.05, 0.1) is 27.8 Å². The van der Waals surface area contributed by atoms with E-state index in [0.29, 0.717) is 16.7 Å². The number of hydrogen-bond donors (Lipinski definition) is 2. The van der Waals surface area contributed by atoms with Crippen molar-refractivity contribution in [3.63, 3.8) is 0 Å². The second kappa shape index (κ2) is 5.96. The lowest BCUT2D eigenvalue weighted by atomic mass is 10.2. The molecule has 0 spiro atoms. The van der Waals surface area contributed by atoms with E-state index in [4.69, 9.17) is 39.9 Å². The lowest BCUT2D eigenvalue weighted by Crippen LogP contribution is -2.04. The summed E-state index contributed by atoms with van der Waals surface area (Å²) in [7, 11) is 0. The molecule has 0 radical (unpaired) electrons. The summed E-state index contributed by atoms with van der Waals surface area (Å²) < 4.78 is 0.449. The molecular formula is C11H7Cl3N2O2S. The molecule has 0 saturated heterocycles. The summed E-state index contributed by atoms with van der Waals surface area (Å²) in [5.41, 5.74) is 0.378. The van der Waals surface area contributed by atoms with Crippen LogP contribution in [0.5, 0.6) is 0 Å². The molecule has 2 N–H and O–H groups in total. The minimum atomic E-state index is -1.17. The van der Waals surface area contributed by atoms with Gasteiger partial charge in [0.15, 0.2) is 4.47 Å². The summed E-state index contributed by atoms with van der Waals surface area (Å²) in [5.74, 6) is -1.17. The molecule has 19 heavy (non-hydrogen) atoms. The first-order chi connectivity index (χ1) is 8.99. The van der Waals surface area contributed by atoms with Gasteiger partial charge in [-0.15, -0.1) is 11.3 Å². The van der Waals surface area contributed by atoms with E-state index in [2.05, 4.69) is 10.3 Å². The zero-order valence-corrected chi connectivity index (χ0v) is 12.4. The number of halogens is 3. The van der Waals surface area contributed by atoms with E-state index in [1.807, 2.05) is 0 Å². The van der Waals surface area contributed by atoms with Gasteiger partial charge in [0.25, 0.3) is 0 Å². The highest BCUT2D eigenvalue weighted by Crippen LogP contribution is 2.32. The zero-order chi connectivity index (χ0) is 14.0. The van der Waals surface area contributed by atoms with Gasteiger partial charge in [0.1, 0.15) is 0 Å². The Kier molecular flexibility index (Phi) is 4.52. The Labute approximate surface area is 127 Å². The van der Waals surface area contributed by atoms with Gasteiger partial charge in [-0.1, -0.05) is 34.8 Å². The first-order valence-electron chi connectivity index (χ1n) is 5.04. The number of nitrogens with zero attached hydrogens (tertiary/aromatic N) is 1. The van der Waals surface area contributed by atoms with E-state index in [1.165, 1.54) is 17.4 Å². The van der Waals surface area contributed by atoms with Gasteiger partial charge >= 0.3 is 5.97 Å². The minimum absolute atomic E-state index is 0.0793. The third-order valence-electron chi connectivity index (χ3n) is 2.28. The lowest BCUT2D eigenvalue weighted by Gasteiger charge is -2.10. The second-order valence-corrected chi connectivity index (χ2v) is 6.00. The Morgan fingerprint density at radius 3 is 2.68 bits per heavy atom. The van der Waals surface area contributed by atoms with Crippen LogP contribution >= 0.6 is 46.1 Å². The molecular weight excluding hydrogens is 331 g/mol. The lowest BCUT2D eigenvalue weighted by molar-refractivity contribution is 0.0697. The summed E-state index contributed by atoms with van der Waals surface area (Å²) in [6.07, 6.45) is 1.64. The van der Waals surface area contributed by atoms with Gasteiger partial charge in [-0.05, 0) is 12.1 Å². The maximum absolute atomic E-state index is 11.1. The number of aromatic nitrogens is 1. The van der Waals surface area contributed by atoms with Gasteiger partial charge in [0, 0.05) is 11.1 Å². The summed E-state index contributed by atoms with van der Waals surface area (Å²) in [6.45, 7) is 0.449. The number of carboxylic acid groups (broad SMARTS) is 1. The molecule has 0 fully saturated rings. The fourth-order valence-electron chi connectivity index (χ4n) is 1.43. The largest absolute Gasteiger partial charge is 0.478 e. The Bertz CT molecular complexity index is 630. The number of anilines is 1. The van der Waals surface area contributed by atoms with Gasteiger partial charge < -0.3 is 10.4 Å². The summed E-state index contributed by atoms with van der Waals surface area (Å²) in [4.78, 5) is 15.9. The smallest absolute Gasteiger partial charge is 0.338 e. The number of aromatic carboxylic acids is 1. The Hall–Kier alpha value is -1.01. The molecule has 1 aromatic heterocycles. The number of benzene rings is 1. The molecule has 0 amide bonds. The minimum Gasteiger partial charge on any atom is -0.478 e. The van der Waals surface area contributed by atoms with Crippen molar-refractivity contribution in [1.82, 2.24) is 4.98 Å². The van der Waals surface area contributed by atoms with Gasteiger partial charge in [-0.25, -0.2) is 9.78 Å². The number of nitrogens with one attached hydrogen (secondary N) is 1. The molecule has 0 saturated carbocycles. The highest BCUT2D eigenvalue weighted by Gasteiger charge is 2.16. The SMILES string of the molecule is O=C(O)c1c(Cl)ccc(NCc2cnc(Cl)s2)c1Cl. The predicted molar refractivity (Wildman–Crippen MR) is 77.9 cm³/mol. The van der Waals surface area contributed by atoms with Crippen molar-refractivity contribution in [2.75, 3.05) is 5.32 Å². The van der Waals surface area contributed by atoms with Gasteiger partial charge in [-0.2, -0.15) is 0 Å². The molecule has 100 valence electrons. The van der Waals surface area contributed by atoms with Crippen LogP contribution in [0, 0.1) is 0 Å². The van der Waals surface area contributed by atoms with Crippen LogP contribution in [-0.2, 0) is 6.54 Å². The highest BCUT2D eigenvalue weighted by molar-refractivity contribution is 7.15. The average molecular weight is 338 g/mol. The summed E-state index contributed by atoms with van der Waals surface area (Å²) in [5, 5.41) is 12.2. The molecule has 8 heteroatoms. The fourth-order valence-corrected chi connectivity index (χ4v) is 2.95. The van der Waals surface area contributed by atoms with Crippen molar-refractivity contribution in [1.29, 1.82) is 0 Å². The van der Waals surface area contributed by atoms with Crippen LogP contribution in [-0.4, -0.2) is 16.1 Å². The van der Waals surface area contributed by atoms with Crippen LogP contribution in [0.3, 0.4) is 0 Å². The molecule has 0 bridgehead atoms. The number of carbonyl (C=O) groups is 1. The molecule has 1 heterocycles. The number of hydrogen-bond acceptors (Lipinski definition) is 4. The fraction of sp³-hybridized carbons (Fsp3) is 0.0909. The Balaban J connectivity index is 2.21. The van der Waals surface area contributed by atoms with Crippen LogP contribution < -0.4 is 5.32 Å². The topological polar surface area (TPSA) is 62.2 Å². The third-order valence-corrected chi connectivity index (χ3v) is 4.11.